The molecule has 25 heavy (non-hydrogen) atoms. The quantitative estimate of drug-likeness (QED) is 0.843. The number of hydrogen-bond acceptors (Lipinski definition) is 5. The van der Waals surface area contributed by atoms with Gasteiger partial charge in [-0.1, -0.05) is 0 Å². The van der Waals surface area contributed by atoms with E-state index in [0.717, 1.165) is 18.5 Å². The lowest BCUT2D eigenvalue weighted by molar-refractivity contribution is -0.118. The van der Waals surface area contributed by atoms with Crippen LogP contribution >= 0.6 is 0 Å². The van der Waals surface area contributed by atoms with Gasteiger partial charge in [0.2, 0.25) is 6.41 Å². The third-order valence-corrected chi connectivity index (χ3v) is 3.86. The topological polar surface area (TPSA) is 78.4 Å². The molecular weight excluding hydrogens is 332 g/mol. The van der Waals surface area contributed by atoms with E-state index in [1.807, 2.05) is 4.90 Å². The van der Waals surface area contributed by atoms with Gasteiger partial charge in [-0.3, -0.25) is 9.59 Å². The summed E-state index contributed by atoms with van der Waals surface area (Å²) in [4.78, 5) is 26.4. The zero-order chi connectivity index (χ0) is 17.8. The van der Waals surface area contributed by atoms with Crippen LogP contribution < -0.4 is 10.2 Å². The second-order valence-corrected chi connectivity index (χ2v) is 5.49. The molecule has 1 N–H and O–H groups in total. The van der Waals surface area contributed by atoms with Crippen molar-refractivity contribution in [1.82, 2.24) is 15.1 Å². The number of rotatable bonds is 4. The largest absolute Gasteiger partial charge is 0.352 e. The minimum atomic E-state index is -1.09. The first-order valence-corrected chi connectivity index (χ1v) is 7.61. The second-order valence-electron chi connectivity index (χ2n) is 5.49. The number of carbonyl (C=O) groups is 2. The molecule has 9 heteroatoms. The van der Waals surface area contributed by atoms with Gasteiger partial charge in [0, 0.05) is 31.7 Å². The molecule has 1 fully saturated rings. The molecule has 2 heterocycles. The number of anilines is 2. The van der Waals surface area contributed by atoms with Crippen molar-refractivity contribution in [2.24, 2.45) is 0 Å². The van der Waals surface area contributed by atoms with Crippen LogP contribution in [-0.2, 0) is 4.79 Å². The van der Waals surface area contributed by atoms with Crippen LogP contribution in [0, 0.1) is 11.6 Å². The van der Waals surface area contributed by atoms with Gasteiger partial charge in [0.25, 0.3) is 5.91 Å². The third kappa shape index (κ3) is 3.87. The maximum absolute atomic E-state index is 13.2. The smallest absolute Gasteiger partial charge is 0.256 e. The van der Waals surface area contributed by atoms with Gasteiger partial charge in [0.15, 0.2) is 23.3 Å². The van der Waals surface area contributed by atoms with E-state index >= 15 is 0 Å². The molecule has 0 bridgehead atoms. The highest BCUT2D eigenvalue weighted by Crippen LogP contribution is 2.15. The van der Waals surface area contributed by atoms with E-state index in [0.29, 0.717) is 32.0 Å². The highest BCUT2D eigenvalue weighted by molar-refractivity contribution is 6.03. The number of amides is 2. The van der Waals surface area contributed by atoms with E-state index in [-0.39, 0.29) is 11.4 Å². The number of aromatic nitrogens is 2. The Morgan fingerprint density at radius 3 is 2.40 bits per heavy atom. The number of piperazine rings is 1. The summed E-state index contributed by atoms with van der Waals surface area (Å²) in [5.74, 6) is -1.89. The van der Waals surface area contributed by atoms with Crippen molar-refractivity contribution in [3.8, 4) is 0 Å². The average molecular weight is 347 g/mol. The lowest BCUT2D eigenvalue weighted by atomic mass is 10.2. The Morgan fingerprint density at radius 2 is 1.80 bits per heavy atom. The van der Waals surface area contributed by atoms with Crippen LogP contribution in [0.4, 0.5) is 20.4 Å². The lowest BCUT2D eigenvalue weighted by Crippen LogP contribution is -2.46. The Hall–Kier alpha value is -3.10. The van der Waals surface area contributed by atoms with E-state index in [4.69, 9.17) is 0 Å². The second kappa shape index (κ2) is 7.20. The average Bonchev–Trinajstić information content (AvgIpc) is 2.64. The zero-order valence-electron chi connectivity index (χ0n) is 13.2. The van der Waals surface area contributed by atoms with Gasteiger partial charge in [-0.15, -0.1) is 10.2 Å². The minimum absolute atomic E-state index is 0.0187. The predicted octanol–water partition coefficient (Wildman–Crippen LogP) is 1.29. The van der Waals surface area contributed by atoms with Gasteiger partial charge in [-0.05, 0) is 30.3 Å². The Balaban J connectivity index is 1.63. The molecule has 1 saturated heterocycles. The standard InChI is InChI=1S/C16H15F2N5O2/c17-12-2-1-11(9-13(12)18)16(25)19-14-3-4-15(21-20-14)23-7-5-22(10-24)6-8-23/h1-4,9-10H,5-8H2,(H,19,20,25). The van der Waals surface area contributed by atoms with Crippen molar-refractivity contribution < 1.29 is 18.4 Å². The molecule has 1 aromatic carbocycles. The molecule has 2 amide bonds. The number of hydrogen-bond donors (Lipinski definition) is 1. The Bertz CT molecular complexity index is 777. The first-order valence-electron chi connectivity index (χ1n) is 7.61. The maximum atomic E-state index is 13.2. The van der Waals surface area contributed by atoms with E-state index in [1.165, 1.54) is 6.07 Å². The molecule has 130 valence electrons. The van der Waals surface area contributed by atoms with E-state index in [9.17, 15) is 18.4 Å². The Morgan fingerprint density at radius 1 is 1.04 bits per heavy atom. The van der Waals surface area contributed by atoms with Gasteiger partial charge in [0.1, 0.15) is 0 Å². The summed E-state index contributed by atoms with van der Waals surface area (Å²) in [6.07, 6.45) is 0.819. The predicted molar refractivity (Wildman–Crippen MR) is 86.2 cm³/mol. The molecule has 0 aliphatic carbocycles. The zero-order valence-corrected chi connectivity index (χ0v) is 13.2. The minimum Gasteiger partial charge on any atom is -0.352 e. The molecular formula is C16H15F2N5O2. The van der Waals surface area contributed by atoms with Gasteiger partial charge in [-0.25, -0.2) is 8.78 Å². The summed E-state index contributed by atoms with van der Waals surface area (Å²) in [6, 6.07) is 6.16. The van der Waals surface area contributed by atoms with Crippen LogP contribution in [0.5, 0.6) is 0 Å². The fourth-order valence-electron chi connectivity index (χ4n) is 2.44. The van der Waals surface area contributed by atoms with Gasteiger partial charge in [-0.2, -0.15) is 0 Å². The lowest BCUT2D eigenvalue weighted by Gasteiger charge is -2.32. The summed E-state index contributed by atoms with van der Waals surface area (Å²) in [5.41, 5.74) is -0.0187. The molecule has 0 unspecified atom stereocenters. The van der Waals surface area contributed by atoms with Gasteiger partial charge < -0.3 is 15.1 Å². The number of benzene rings is 1. The van der Waals surface area contributed by atoms with Crippen LogP contribution in [0.25, 0.3) is 0 Å². The number of nitrogens with zero attached hydrogens (tertiary/aromatic N) is 4. The molecule has 3 rings (SSSR count). The monoisotopic (exact) mass is 347 g/mol. The summed E-state index contributed by atoms with van der Waals surface area (Å²) in [5, 5.41) is 10.5. The van der Waals surface area contributed by atoms with E-state index in [1.54, 1.807) is 17.0 Å². The van der Waals surface area contributed by atoms with Gasteiger partial charge >= 0.3 is 0 Å². The number of carbonyl (C=O) groups excluding carboxylic acids is 2. The highest BCUT2D eigenvalue weighted by atomic mass is 19.2. The highest BCUT2D eigenvalue weighted by Gasteiger charge is 2.17. The van der Waals surface area contributed by atoms with E-state index in [2.05, 4.69) is 15.5 Å². The Kier molecular flexibility index (Phi) is 4.82. The van der Waals surface area contributed by atoms with Crippen LogP contribution in [0.15, 0.2) is 30.3 Å². The fraction of sp³-hybridized carbons (Fsp3) is 0.250. The van der Waals surface area contributed by atoms with Crippen LogP contribution in [0.2, 0.25) is 0 Å². The molecule has 0 atom stereocenters. The van der Waals surface area contributed by atoms with Crippen LogP contribution in [0.1, 0.15) is 10.4 Å². The van der Waals surface area contributed by atoms with Crippen molar-refractivity contribution in [3.05, 3.63) is 47.5 Å². The van der Waals surface area contributed by atoms with Crippen molar-refractivity contribution in [2.45, 2.75) is 0 Å². The molecule has 2 aromatic rings. The molecule has 7 nitrogen and oxygen atoms in total. The van der Waals surface area contributed by atoms with Crippen LogP contribution in [0.3, 0.4) is 0 Å². The normalized spacial score (nSPS) is 14.3. The molecule has 0 radical (unpaired) electrons. The van der Waals surface area contributed by atoms with Crippen molar-refractivity contribution in [1.29, 1.82) is 0 Å². The Labute approximate surface area is 142 Å². The van der Waals surface area contributed by atoms with Crippen LogP contribution in [-0.4, -0.2) is 53.6 Å². The van der Waals surface area contributed by atoms with Crippen molar-refractivity contribution in [3.63, 3.8) is 0 Å². The maximum Gasteiger partial charge on any atom is 0.256 e. The van der Waals surface area contributed by atoms with E-state index < -0.39 is 17.5 Å². The number of halogens is 2. The third-order valence-electron chi connectivity index (χ3n) is 3.86. The first kappa shape index (κ1) is 16.7. The van der Waals surface area contributed by atoms with Crippen molar-refractivity contribution in [2.75, 3.05) is 36.4 Å². The SMILES string of the molecule is O=CN1CCN(c2ccc(NC(=O)c3ccc(F)c(F)c3)nn2)CC1. The molecule has 1 aliphatic heterocycles. The van der Waals surface area contributed by atoms with Crippen molar-refractivity contribution >= 4 is 24.0 Å². The summed E-state index contributed by atoms with van der Waals surface area (Å²) >= 11 is 0. The molecule has 1 aliphatic rings. The summed E-state index contributed by atoms with van der Waals surface area (Å²) in [7, 11) is 0. The first-order chi connectivity index (χ1) is 12.1. The number of nitrogens with one attached hydrogen (secondary N) is 1. The molecule has 0 saturated carbocycles. The molecule has 0 spiro atoms. The molecule has 1 aromatic heterocycles. The summed E-state index contributed by atoms with van der Waals surface area (Å²) < 4.78 is 26.1. The fourth-order valence-corrected chi connectivity index (χ4v) is 2.44. The van der Waals surface area contributed by atoms with Gasteiger partial charge in [0.05, 0.1) is 0 Å². The summed E-state index contributed by atoms with van der Waals surface area (Å²) in [6.45, 7) is 2.52.